The number of aliphatic imine (C=N–C) groups is 1. The third kappa shape index (κ3) is 2.98. The van der Waals surface area contributed by atoms with Crippen molar-refractivity contribution in [2.45, 2.75) is 20.3 Å². The Hall–Kier alpha value is -2.74. The van der Waals surface area contributed by atoms with Crippen molar-refractivity contribution in [1.82, 2.24) is 10.2 Å². The Morgan fingerprint density at radius 1 is 1.45 bits per heavy atom. The van der Waals surface area contributed by atoms with Crippen LogP contribution in [0.4, 0.5) is 0 Å². The molecule has 100 valence electrons. The van der Waals surface area contributed by atoms with Crippen molar-refractivity contribution in [2.75, 3.05) is 0 Å². The standard InChI is InChI=1S/C15H14N4O/c1-3-6-13(17-4-2)15-19-18-14(20-15)12-8-5-7-11(9-12)10-16/h4-9H,3H2,1-2H3/b13-6-,17-4?. The molecule has 0 saturated carbocycles. The van der Waals surface area contributed by atoms with Gasteiger partial charge in [0.25, 0.3) is 5.89 Å². The summed E-state index contributed by atoms with van der Waals surface area (Å²) >= 11 is 0. The average molecular weight is 266 g/mol. The van der Waals surface area contributed by atoms with Gasteiger partial charge in [0.15, 0.2) is 0 Å². The minimum absolute atomic E-state index is 0.377. The fourth-order valence-corrected chi connectivity index (χ4v) is 1.69. The van der Waals surface area contributed by atoms with Crippen molar-refractivity contribution < 1.29 is 4.42 Å². The maximum atomic E-state index is 8.90. The Bertz CT molecular complexity index is 692. The number of benzene rings is 1. The highest BCUT2D eigenvalue weighted by Crippen LogP contribution is 2.22. The minimum atomic E-state index is 0.377. The van der Waals surface area contributed by atoms with E-state index in [9.17, 15) is 0 Å². The van der Waals surface area contributed by atoms with Gasteiger partial charge in [-0.3, -0.25) is 4.99 Å². The van der Waals surface area contributed by atoms with Gasteiger partial charge in [0.1, 0.15) is 5.70 Å². The zero-order valence-electron chi connectivity index (χ0n) is 11.4. The summed E-state index contributed by atoms with van der Waals surface area (Å²) in [6, 6.07) is 9.13. The van der Waals surface area contributed by atoms with Crippen LogP contribution in [0.1, 0.15) is 31.7 Å². The Morgan fingerprint density at radius 2 is 2.30 bits per heavy atom. The predicted molar refractivity (Wildman–Crippen MR) is 76.9 cm³/mol. The van der Waals surface area contributed by atoms with Crippen molar-refractivity contribution in [2.24, 2.45) is 4.99 Å². The summed E-state index contributed by atoms with van der Waals surface area (Å²) < 4.78 is 5.62. The van der Waals surface area contributed by atoms with Crippen LogP contribution in [0.5, 0.6) is 0 Å². The van der Waals surface area contributed by atoms with Gasteiger partial charge in [-0.2, -0.15) is 5.26 Å². The van der Waals surface area contributed by atoms with Gasteiger partial charge in [0, 0.05) is 11.8 Å². The normalized spacial score (nSPS) is 11.8. The first-order valence-electron chi connectivity index (χ1n) is 6.31. The first-order valence-corrected chi connectivity index (χ1v) is 6.31. The molecule has 0 saturated heterocycles. The smallest absolute Gasteiger partial charge is 0.266 e. The maximum absolute atomic E-state index is 8.90. The van der Waals surface area contributed by atoms with Crippen LogP contribution in [0.2, 0.25) is 0 Å². The fraction of sp³-hybridized carbons (Fsp3) is 0.200. The highest BCUT2D eigenvalue weighted by molar-refractivity contribution is 5.69. The van der Waals surface area contributed by atoms with Gasteiger partial charge in [-0.15, -0.1) is 10.2 Å². The monoisotopic (exact) mass is 266 g/mol. The van der Waals surface area contributed by atoms with Crippen molar-refractivity contribution in [1.29, 1.82) is 5.26 Å². The van der Waals surface area contributed by atoms with Crippen LogP contribution >= 0.6 is 0 Å². The van der Waals surface area contributed by atoms with E-state index in [1.807, 2.05) is 26.0 Å². The first kappa shape index (κ1) is 13.7. The van der Waals surface area contributed by atoms with Crippen LogP contribution in [-0.2, 0) is 0 Å². The van der Waals surface area contributed by atoms with Crippen LogP contribution < -0.4 is 0 Å². The number of hydrogen-bond donors (Lipinski definition) is 0. The molecule has 0 atom stereocenters. The summed E-state index contributed by atoms with van der Waals surface area (Å²) in [4.78, 5) is 4.21. The van der Waals surface area contributed by atoms with Crippen LogP contribution in [0.25, 0.3) is 17.2 Å². The van der Waals surface area contributed by atoms with E-state index >= 15 is 0 Å². The van der Waals surface area contributed by atoms with E-state index in [1.54, 1.807) is 24.4 Å². The average Bonchev–Trinajstić information content (AvgIpc) is 2.97. The van der Waals surface area contributed by atoms with Crippen molar-refractivity contribution in [3.63, 3.8) is 0 Å². The van der Waals surface area contributed by atoms with Crippen LogP contribution in [0.3, 0.4) is 0 Å². The summed E-state index contributed by atoms with van der Waals surface area (Å²) in [7, 11) is 0. The van der Waals surface area contributed by atoms with Crippen molar-refractivity contribution in [3.8, 4) is 17.5 Å². The minimum Gasteiger partial charge on any atom is -0.415 e. The quantitative estimate of drug-likeness (QED) is 0.794. The molecule has 0 aliphatic carbocycles. The van der Waals surface area contributed by atoms with E-state index in [1.165, 1.54) is 0 Å². The van der Waals surface area contributed by atoms with Gasteiger partial charge >= 0.3 is 0 Å². The summed E-state index contributed by atoms with van der Waals surface area (Å²) in [6.07, 6.45) is 4.43. The third-order valence-electron chi connectivity index (χ3n) is 2.55. The molecule has 0 aliphatic heterocycles. The molecule has 0 unspecified atom stereocenters. The molecule has 1 heterocycles. The zero-order chi connectivity index (χ0) is 14.4. The van der Waals surface area contributed by atoms with E-state index in [-0.39, 0.29) is 0 Å². The van der Waals surface area contributed by atoms with Gasteiger partial charge in [-0.25, -0.2) is 0 Å². The SMILES string of the molecule is CC=N/C(=C\CC)c1nnc(-c2cccc(C#N)c2)o1. The van der Waals surface area contributed by atoms with Gasteiger partial charge < -0.3 is 4.42 Å². The molecule has 1 aromatic carbocycles. The molecule has 1 aromatic heterocycles. The third-order valence-corrected chi connectivity index (χ3v) is 2.55. The maximum Gasteiger partial charge on any atom is 0.266 e. The van der Waals surface area contributed by atoms with Crippen molar-refractivity contribution in [3.05, 3.63) is 41.8 Å². The number of rotatable bonds is 4. The molecule has 0 aliphatic rings. The second kappa shape index (κ2) is 6.43. The lowest BCUT2D eigenvalue weighted by molar-refractivity contribution is 0.552. The van der Waals surface area contributed by atoms with Crippen LogP contribution in [0.15, 0.2) is 39.8 Å². The highest BCUT2D eigenvalue weighted by atomic mass is 16.4. The molecule has 20 heavy (non-hydrogen) atoms. The summed E-state index contributed by atoms with van der Waals surface area (Å²) in [5.74, 6) is 0.757. The van der Waals surface area contributed by atoms with Crippen LogP contribution in [0, 0.1) is 11.3 Å². The molecule has 0 amide bonds. The molecule has 5 heteroatoms. The number of nitrogens with zero attached hydrogens (tertiary/aromatic N) is 4. The van der Waals surface area contributed by atoms with Gasteiger partial charge in [-0.1, -0.05) is 19.1 Å². The summed E-state index contributed by atoms with van der Waals surface area (Å²) in [5.41, 5.74) is 1.93. The Kier molecular flexibility index (Phi) is 4.40. The van der Waals surface area contributed by atoms with Crippen molar-refractivity contribution >= 4 is 11.9 Å². The van der Waals surface area contributed by atoms with Crippen LogP contribution in [-0.4, -0.2) is 16.4 Å². The number of aromatic nitrogens is 2. The number of allylic oxidation sites excluding steroid dienone is 1. The van der Waals surface area contributed by atoms with E-state index in [0.29, 0.717) is 23.0 Å². The first-order chi connectivity index (χ1) is 9.78. The largest absolute Gasteiger partial charge is 0.415 e. The number of nitriles is 1. The Balaban J connectivity index is 2.37. The molecule has 0 spiro atoms. The highest BCUT2D eigenvalue weighted by Gasteiger charge is 2.11. The second-order valence-electron chi connectivity index (χ2n) is 3.99. The van der Waals surface area contributed by atoms with E-state index < -0.39 is 0 Å². The Morgan fingerprint density at radius 3 is 3.00 bits per heavy atom. The van der Waals surface area contributed by atoms with E-state index in [0.717, 1.165) is 12.0 Å². The predicted octanol–water partition coefficient (Wildman–Crippen LogP) is 3.45. The van der Waals surface area contributed by atoms with Gasteiger partial charge in [0.05, 0.1) is 11.6 Å². The van der Waals surface area contributed by atoms with Gasteiger partial charge in [0.2, 0.25) is 5.89 Å². The summed E-state index contributed by atoms with van der Waals surface area (Å²) in [6.45, 7) is 3.84. The molecule has 2 aromatic rings. The second-order valence-corrected chi connectivity index (χ2v) is 3.99. The Labute approximate surface area is 117 Å². The lowest BCUT2D eigenvalue weighted by Gasteiger charge is -1.96. The molecular formula is C15H14N4O. The zero-order valence-corrected chi connectivity index (χ0v) is 11.4. The number of hydrogen-bond acceptors (Lipinski definition) is 5. The molecule has 5 nitrogen and oxygen atoms in total. The molecule has 0 fully saturated rings. The molecular weight excluding hydrogens is 252 g/mol. The van der Waals surface area contributed by atoms with Gasteiger partial charge in [-0.05, 0) is 31.5 Å². The molecule has 0 bridgehead atoms. The lowest BCUT2D eigenvalue weighted by Crippen LogP contribution is -1.81. The fourth-order valence-electron chi connectivity index (χ4n) is 1.69. The summed E-state index contributed by atoms with van der Waals surface area (Å²) in [5, 5.41) is 16.9. The lowest BCUT2D eigenvalue weighted by atomic mass is 10.1. The topological polar surface area (TPSA) is 75.1 Å². The molecule has 0 N–H and O–H groups in total. The van der Waals surface area contributed by atoms with E-state index in [2.05, 4.69) is 21.3 Å². The van der Waals surface area contributed by atoms with E-state index in [4.69, 9.17) is 9.68 Å². The molecule has 2 rings (SSSR count). The molecule has 0 radical (unpaired) electrons.